The highest BCUT2D eigenvalue weighted by Crippen LogP contribution is 2.37. The number of nitrogens with two attached hydrogens (primary N) is 1. The van der Waals surface area contributed by atoms with E-state index in [0.717, 1.165) is 29.9 Å². The van der Waals surface area contributed by atoms with Crippen LogP contribution in [-0.2, 0) is 13.0 Å². The number of halogens is 1. The second-order valence-electron chi connectivity index (χ2n) is 6.14. The highest BCUT2D eigenvalue weighted by atomic mass is 35.5. The molecule has 1 aliphatic heterocycles. The van der Waals surface area contributed by atoms with Crippen molar-refractivity contribution in [1.29, 1.82) is 0 Å². The Morgan fingerprint density at radius 1 is 1.08 bits per heavy atom. The van der Waals surface area contributed by atoms with Gasteiger partial charge in [-0.25, -0.2) is 4.98 Å². The van der Waals surface area contributed by atoms with E-state index in [1.807, 2.05) is 48.5 Å². The summed E-state index contributed by atoms with van der Waals surface area (Å²) in [5.74, 6) is 2.27. The predicted molar refractivity (Wildman–Crippen MR) is 104 cm³/mol. The molecule has 1 unspecified atom stereocenters. The smallest absolute Gasteiger partial charge is 0.219 e. The normalized spacial score (nSPS) is 15.3. The SMILES string of the molecule is Cl.NCc1ccc(Oc2ccc3c(c2)CCC(c2ccccc2)O3)nc1. The van der Waals surface area contributed by atoms with Crippen LogP contribution in [0, 0.1) is 0 Å². The summed E-state index contributed by atoms with van der Waals surface area (Å²) in [4.78, 5) is 4.28. The molecule has 0 saturated carbocycles. The predicted octanol–water partition coefficient (Wildman–Crippen LogP) is 4.82. The number of hydrogen-bond acceptors (Lipinski definition) is 4. The molecule has 3 aromatic rings. The maximum absolute atomic E-state index is 6.17. The van der Waals surface area contributed by atoms with Gasteiger partial charge < -0.3 is 15.2 Å². The van der Waals surface area contributed by atoms with E-state index in [2.05, 4.69) is 17.1 Å². The minimum absolute atomic E-state index is 0. The monoisotopic (exact) mass is 368 g/mol. The third-order valence-corrected chi connectivity index (χ3v) is 4.40. The van der Waals surface area contributed by atoms with Crippen LogP contribution in [0.25, 0.3) is 0 Å². The van der Waals surface area contributed by atoms with Crippen molar-refractivity contribution >= 4 is 12.4 Å². The molecule has 4 rings (SSSR count). The lowest BCUT2D eigenvalue weighted by Gasteiger charge is -2.26. The lowest BCUT2D eigenvalue weighted by molar-refractivity contribution is 0.176. The molecule has 26 heavy (non-hydrogen) atoms. The highest BCUT2D eigenvalue weighted by Gasteiger charge is 2.21. The van der Waals surface area contributed by atoms with Gasteiger partial charge in [0.25, 0.3) is 0 Å². The molecular weight excluding hydrogens is 348 g/mol. The third kappa shape index (κ3) is 3.98. The molecule has 0 amide bonds. The average Bonchev–Trinajstić information content (AvgIpc) is 2.69. The van der Waals surface area contributed by atoms with E-state index in [1.54, 1.807) is 6.20 Å². The Kier molecular flexibility index (Phi) is 5.76. The largest absolute Gasteiger partial charge is 0.485 e. The zero-order chi connectivity index (χ0) is 17.1. The third-order valence-electron chi connectivity index (χ3n) is 4.40. The number of fused-ring (bicyclic) bond motifs is 1. The first-order valence-electron chi connectivity index (χ1n) is 8.49. The lowest BCUT2D eigenvalue weighted by Crippen LogP contribution is -2.15. The molecule has 134 valence electrons. The van der Waals surface area contributed by atoms with Crippen LogP contribution in [0.1, 0.15) is 29.2 Å². The Hall–Kier alpha value is -2.56. The number of benzene rings is 2. The minimum Gasteiger partial charge on any atom is -0.485 e. The molecular formula is C21H21ClN2O2. The zero-order valence-corrected chi connectivity index (χ0v) is 15.1. The van der Waals surface area contributed by atoms with Crippen LogP contribution in [0.4, 0.5) is 0 Å². The van der Waals surface area contributed by atoms with Gasteiger partial charge in [0, 0.05) is 18.8 Å². The molecule has 0 fully saturated rings. The Morgan fingerprint density at radius 2 is 1.92 bits per heavy atom. The van der Waals surface area contributed by atoms with Crippen LogP contribution in [0.5, 0.6) is 17.4 Å². The molecule has 0 bridgehead atoms. The molecule has 0 radical (unpaired) electrons. The summed E-state index contributed by atoms with van der Waals surface area (Å²) in [6, 6.07) is 20.1. The Balaban J connectivity index is 0.00000196. The fourth-order valence-corrected chi connectivity index (χ4v) is 3.04. The van der Waals surface area contributed by atoms with Crippen LogP contribution in [0.2, 0.25) is 0 Å². The molecule has 2 heterocycles. The van der Waals surface area contributed by atoms with E-state index < -0.39 is 0 Å². The molecule has 1 atom stereocenters. The molecule has 2 N–H and O–H groups in total. The van der Waals surface area contributed by atoms with Crippen LogP contribution in [0.3, 0.4) is 0 Å². The van der Waals surface area contributed by atoms with Gasteiger partial charge in [-0.1, -0.05) is 36.4 Å². The van der Waals surface area contributed by atoms with Crippen molar-refractivity contribution in [3.05, 3.63) is 83.6 Å². The van der Waals surface area contributed by atoms with Gasteiger partial charge in [-0.3, -0.25) is 0 Å². The van der Waals surface area contributed by atoms with Gasteiger partial charge in [0.15, 0.2) is 0 Å². The van der Waals surface area contributed by atoms with Crippen molar-refractivity contribution in [1.82, 2.24) is 4.98 Å². The number of aromatic nitrogens is 1. The maximum Gasteiger partial charge on any atom is 0.219 e. The zero-order valence-electron chi connectivity index (χ0n) is 14.3. The summed E-state index contributed by atoms with van der Waals surface area (Å²) in [6.07, 6.45) is 3.78. The van der Waals surface area contributed by atoms with E-state index in [9.17, 15) is 0 Å². The van der Waals surface area contributed by atoms with Gasteiger partial charge in [-0.2, -0.15) is 0 Å². The number of ether oxygens (including phenoxy) is 2. The lowest BCUT2D eigenvalue weighted by atomic mass is 9.97. The molecule has 2 aromatic carbocycles. The summed E-state index contributed by atoms with van der Waals surface area (Å²) in [7, 11) is 0. The topological polar surface area (TPSA) is 57.4 Å². The number of nitrogens with zero attached hydrogens (tertiary/aromatic N) is 1. The summed E-state index contributed by atoms with van der Waals surface area (Å²) < 4.78 is 12.0. The molecule has 0 spiro atoms. The molecule has 4 nitrogen and oxygen atoms in total. The van der Waals surface area contributed by atoms with Gasteiger partial charge in [0.1, 0.15) is 17.6 Å². The van der Waals surface area contributed by atoms with Crippen LogP contribution in [0.15, 0.2) is 66.9 Å². The average molecular weight is 369 g/mol. The molecule has 1 aliphatic rings. The van der Waals surface area contributed by atoms with Crippen molar-refractivity contribution in [2.45, 2.75) is 25.5 Å². The quantitative estimate of drug-likeness (QED) is 0.717. The number of pyridine rings is 1. The summed E-state index contributed by atoms with van der Waals surface area (Å²) >= 11 is 0. The van der Waals surface area contributed by atoms with E-state index >= 15 is 0 Å². The number of hydrogen-bond donors (Lipinski definition) is 1. The van der Waals surface area contributed by atoms with Crippen molar-refractivity contribution in [3.63, 3.8) is 0 Å². The van der Waals surface area contributed by atoms with Crippen molar-refractivity contribution in [2.24, 2.45) is 5.73 Å². The molecule has 5 heteroatoms. The van der Waals surface area contributed by atoms with Gasteiger partial charge in [0.2, 0.25) is 5.88 Å². The second kappa shape index (κ2) is 8.21. The van der Waals surface area contributed by atoms with E-state index in [-0.39, 0.29) is 18.5 Å². The first kappa shape index (κ1) is 18.2. The van der Waals surface area contributed by atoms with Crippen molar-refractivity contribution in [2.75, 3.05) is 0 Å². The highest BCUT2D eigenvalue weighted by molar-refractivity contribution is 5.85. The van der Waals surface area contributed by atoms with Crippen molar-refractivity contribution < 1.29 is 9.47 Å². The molecule has 1 aromatic heterocycles. The summed E-state index contributed by atoms with van der Waals surface area (Å²) in [5, 5.41) is 0. The van der Waals surface area contributed by atoms with Gasteiger partial charge in [-0.05, 0) is 47.7 Å². The fraction of sp³-hybridized carbons (Fsp3) is 0.190. The summed E-state index contributed by atoms with van der Waals surface area (Å²) in [5.41, 5.74) is 8.96. The van der Waals surface area contributed by atoms with E-state index in [0.29, 0.717) is 12.4 Å². The summed E-state index contributed by atoms with van der Waals surface area (Å²) in [6.45, 7) is 0.478. The van der Waals surface area contributed by atoms with Gasteiger partial charge in [-0.15, -0.1) is 12.4 Å². The number of aryl methyl sites for hydroxylation is 1. The first-order valence-corrected chi connectivity index (χ1v) is 8.49. The van der Waals surface area contributed by atoms with Gasteiger partial charge >= 0.3 is 0 Å². The minimum atomic E-state index is 0. The van der Waals surface area contributed by atoms with E-state index in [1.165, 1.54) is 11.1 Å². The van der Waals surface area contributed by atoms with Gasteiger partial charge in [0.05, 0.1) is 0 Å². The molecule has 0 aliphatic carbocycles. The first-order chi connectivity index (χ1) is 12.3. The fourth-order valence-electron chi connectivity index (χ4n) is 3.04. The van der Waals surface area contributed by atoms with Crippen LogP contribution >= 0.6 is 12.4 Å². The molecule has 0 saturated heterocycles. The Morgan fingerprint density at radius 3 is 2.65 bits per heavy atom. The standard InChI is InChI=1S/C21H20N2O2.ClH/c22-13-15-6-11-21(23-14-15)24-18-8-10-20-17(12-18)7-9-19(25-20)16-4-2-1-3-5-16;/h1-6,8,10-12,14,19H,7,9,13,22H2;1H. The van der Waals surface area contributed by atoms with Crippen molar-refractivity contribution in [3.8, 4) is 17.4 Å². The van der Waals surface area contributed by atoms with E-state index in [4.69, 9.17) is 15.2 Å². The maximum atomic E-state index is 6.17. The van der Waals surface area contributed by atoms with Crippen LogP contribution in [-0.4, -0.2) is 4.98 Å². The number of rotatable bonds is 4. The Bertz CT molecular complexity index is 854. The Labute approximate surface area is 159 Å². The second-order valence-corrected chi connectivity index (χ2v) is 6.14. The van der Waals surface area contributed by atoms with Crippen LogP contribution < -0.4 is 15.2 Å².